The summed E-state index contributed by atoms with van der Waals surface area (Å²) in [5.41, 5.74) is 1.06. The number of halogens is 1. The standard InChI is InChI=1S/C17H25FN2O/c1-12-5-6-15(9-16(12)18)17(21)7-8-20-10-13(2)19(4)14(3)11-20/h5-6,9,13-14H,7-8,10-11H2,1-4H3. The first-order valence-corrected chi connectivity index (χ1v) is 7.62. The summed E-state index contributed by atoms with van der Waals surface area (Å²) in [5, 5.41) is 0. The highest BCUT2D eigenvalue weighted by Gasteiger charge is 2.26. The summed E-state index contributed by atoms with van der Waals surface area (Å²) in [4.78, 5) is 16.9. The van der Waals surface area contributed by atoms with E-state index in [0.29, 0.717) is 29.6 Å². The maximum atomic E-state index is 13.5. The van der Waals surface area contributed by atoms with Crippen LogP contribution in [0.15, 0.2) is 18.2 Å². The number of ketones is 1. The fourth-order valence-corrected chi connectivity index (χ4v) is 2.87. The highest BCUT2D eigenvalue weighted by atomic mass is 19.1. The fourth-order valence-electron chi connectivity index (χ4n) is 2.87. The summed E-state index contributed by atoms with van der Waals surface area (Å²) in [7, 11) is 2.15. The van der Waals surface area contributed by atoms with Gasteiger partial charge >= 0.3 is 0 Å². The molecule has 0 N–H and O–H groups in total. The molecule has 0 aromatic heterocycles. The van der Waals surface area contributed by atoms with E-state index < -0.39 is 0 Å². The van der Waals surface area contributed by atoms with Crippen molar-refractivity contribution in [3.05, 3.63) is 35.1 Å². The van der Waals surface area contributed by atoms with Gasteiger partial charge in [0.2, 0.25) is 0 Å². The highest BCUT2D eigenvalue weighted by Crippen LogP contribution is 2.15. The molecule has 1 heterocycles. The van der Waals surface area contributed by atoms with Gasteiger partial charge in [-0.2, -0.15) is 0 Å². The summed E-state index contributed by atoms with van der Waals surface area (Å²) >= 11 is 0. The number of benzene rings is 1. The molecule has 1 aromatic carbocycles. The molecule has 0 saturated carbocycles. The predicted molar refractivity (Wildman–Crippen MR) is 83.2 cm³/mol. The first kappa shape index (κ1) is 16.1. The van der Waals surface area contributed by atoms with Crippen LogP contribution in [0.3, 0.4) is 0 Å². The molecule has 1 aliphatic rings. The summed E-state index contributed by atoms with van der Waals surface area (Å²) < 4.78 is 13.5. The average Bonchev–Trinajstić information content (AvgIpc) is 2.44. The fraction of sp³-hybridized carbons (Fsp3) is 0.588. The minimum atomic E-state index is -0.303. The first-order chi connectivity index (χ1) is 9.88. The molecular weight excluding hydrogens is 267 g/mol. The van der Waals surface area contributed by atoms with Crippen molar-refractivity contribution in [3.63, 3.8) is 0 Å². The Hall–Kier alpha value is -1.26. The van der Waals surface area contributed by atoms with Crippen LogP contribution in [0.4, 0.5) is 4.39 Å². The number of nitrogens with zero attached hydrogens (tertiary/aromatic N) is 2. The SMILES string of the molecule is Cc1ccc(C(=O)CCN2CC(C)N(C)C(C)C2)cc1F. The second-order valence-corrected chi connectivity index (χ2v) is 6.26. The van der Waals surface area contributed by atoms with Crippen LogP contribution in [0.1, 0.15) is 36.2 Å². The second-order valence-electron chi connectivity index (χ2n) is 6.26. The monoisotopic (exact) mass is 292 g/mol. The van der Waals surface area contributed by atoms with E-state index in [1.54, 1.807) is 19.1 Å². The molecule has 2 rings (SSSR count). The summed E-state index contributed by atoms with van der Waals surface area (Å²) in [6, 6.07) is 5.74. The van der Waals surface area contributed by atoms with E-state index in [-0.39, 0.29) is 11.6 Å². The van der Waals surface area contributed by atoms with Gasteiger partial charge < -0.3 is 0 Å². The molecule has 0 amide bonds. The molecule has 1 saturated heterocycles. The van der Waals surface area contributed by atoms with E-state index in [1.165, 1.54) is 6.07 Å². The quantitative estimate of drug-likeness (QED) is 0.797. The lowest BCUT2D eigenvalue weighted by atomic mass is 10.0. The van der Waals surface area contributed by atoms with Crippen molar-refractivity contribution < 1.29 is 9.18 Å². The largest absolute Gasteiger partial charge is 0.300 e. The molecule has 3 nitrogen and oxygen atoms in total. The third-order valence-electron chi connectivity index (χ3n) is 4.58. The minimum absolute atomic E-state index is 0.0214. The van der Waals surface area contributed by atoms with Gasteiger partial charge in [-0.1, -0.05) is 12.1 Å². The summed E-state index contributed by atoms with van der Waals surface area (Å²) in [5.74, 6) is -0.282. The van der Waals surface area contributed by atoms with Crippen LogP contribution in [-0.4, -0.2) is 54.3 Å². The van der Waals surface area contributed by atoms with Crippen LogP contribution in [0.2, 0.25) is 0 Å². The maximum absolute atomic E-state index is 13.5. The van der Waals surface area contributed by atoms with E-state index in [1.807, 2.05) is 0 Å². The molecule has 1 fully saturated rings. The Morgan fingerprint density at radius 1 is 1.29 bits per heavy atom. The third kappa shape index (κ3) is 3.89. The van der Waals surface area contributed by atoms with Gasteiger partial charge in [0.15, 0.2) is 5.78 Å². The Bertz CT molecular complexity index is 506. The molecule has 0 bridgehead atoms. The van der Waals surface area contributed by atoms with Crippen LogP contribution < -0.4 is 0 Å². The van der Waals surface area contributed by atoms with E-state index >= 15 is 0 Å². The van der Waals surface area contributed by atoms with Crippen molar-refractivity contribution in [2.45, 2.75) is 39.3 Å². The minimum Gasteiger partial charge on any atom is -0.300 e. The number of carbonyl (C=O) groups is 1. The van der Waals surface area contributed by atoms with Gasteiger partial charge in [-0.25, -0.2) is 4.39 Å². The molecule has 2 atom stereocenters. The van der Waals surface area contributed by atoms with Crippen molar-refractivity contribution in [3.8, 4) is 0 Å². The molecule has 1 aliphatic heterocycles. The number of hydrogen-bond donors (Lipinski definition) is 0. The maximum Gasteiger partial charge on any atom is 0.164 e. The first-order valence-electron chi connectivity index (χ1n) is 7.62. The van der Waals surface area contributed by atoms with E-state index in [0.717, 1.165) is 19.6 Å². The van der Waals surface area contributed by atoms with Gasteiger partial charge in [0.25, 0.3) is 0 Å². The van der Waals surface area contributed by atoms with E-state index in [4.69, 9.17) is 0 Å². The topological polar surface area (TPSA) is 23.6 Å². The van der Waals surface area contributed by atoms with Crippen LogP contribution in [-0.2, 0) is 0 Å². The second kappa shape index (κ2) is 6.67. The molecule has 0 aliphatic carbocycles. The molecular formula is C17H25FN2O. The Balaban J connectivity index is 1.90. The average molecular weight is 292 g/mol. The number of hydrogen-bond acceptors (Lipinski definition) is 3. The van der Waals surface area contributed by atoms with Crippen molar-refractivity contribution in [1.29, 1.82) is 0 Å². The van der Waals surface area contributed by atoms with Gasteiger partial charge in [-0.3, -0.25) is 14.6 Å². The van der Waals surface area contributed by atoms with Gasteiger partial charge in [0.05, 0.1) is 0 Å². The van der Waals surface area contributed by atoms with Crippen molar-refractivity contribution >= 4 is 5.78 Å². The molecule has 21 heavy (non-hydrogen) atoms. The molecule has 116 valence electrons. The molecule has 0 radical (unpaired) electrons. The number of Topliss-reactive ketones (excluding diaryl/α,β-unsaturated/α-hetero) is 1. The van der Waals surface area contributed by atoms with Gasteiger partial charge in [0.1, 0.15) is 5.82 Å². The Morgan fingerprint density at radius 2 is 1.90 bits per heavy atom. The number of likely N-dealkylation sites (N-methyl/N-ethyl adjacent to an activating group) is 1. The van der Waals surface area contributed by atoms with Crippen LogP contribution >= 0.6 is 0 Å². The lowest BCUT2D eigenvalue weighted by Gasteiger charge is -2.42. The van der Waals surface area contributed by atoms with Gasteiger partial charge in [-0.15, -0.1) is 0 Å². The number of carbonyl (C=O) groups excluding carboxylic acids is 1. The van der Waals surface area contributed by atoms with Crippen LogP contribution in [0, 0.1) is 12.7 Å². The Labute approximate surface area is 126 Å². The highest BCUT2D eigenvalue weighted by molar-refractivity contribution is 5.96. The van der Waals surface area contributed by atoms with Crippen molar-refractivity contribution in [1.82, 2.24) is 9.80 Å². The summed E-state index contributed by atoms with van der Waals surface area (Å²) in [6.07, 6.45) is 0.450. The molecule has 2 unspecified atom stereocenters. The summed E-state index contributed by atoms with van der Waals surface area (Å²) in [6.45, 7) is 8.83. The lowest BCUT2D eigenvalue weighted by molar-refractivity contribution is 0.0575. The zero-order valence-corrected chi connectivity index (χ0v) is 13.4. The zero-order chi connectivity index (χ0) is 15.6. The lowest BCUT2D eigenvalue weighted by Crippen LogP contribution is -2.55. The van der Waals surface area contributed by atoms with Crippen LogP contribution in [0.5, 0.6) is 0 Å². The Morgan fingerprint density at radius 3 is 2.48 bits per heavy atom. The number of piperazine rings is 1. The van der Waals surface area contributed by atoms with Crippen molar-refractivity contribution in [2.75, 3.05) is 26.7 Å². The molecule has 1 aromatic rings. The van der Waals surface area contributed by atoms with E-state index in [2.05, 4.69) is 30.7 Å². The zero-order valence-electron chi connectivity index (χ0n) is 13.4. The Kier molecular flexibility index (Phi) is 5.12. The number of rotatable bonds is 4. The predicted octanol–water partition coefficient (Wildman–Crippen LogP) is 2.73. The van der Waals surface area contributed by atoms with Crippen molar-refractivity contribution in [2.24, 2.45) is 0 Å². The molecule has 0 spiro atoms. The van der Waals surface area contributed by atoms with E-state index in [9.17, 15) is 9.18 Å². The van der Waals surface area contributed by atoms with Gasteiger partial charge in [0, 0.05) is 43.7 Å². The smallest absolute Gasteiger partial charge is 0.164 e. The van der Waals surface area contributed by atoms with Crippen LogP contribution in [0.25, 0.3) is 0 Å². The number of aryl methyl sites for hydroxylation is 1. The molecule has 4 heteroatoms. The third-order valence-corrected chi connectivity index (χ3v) is 4.58. The van der Waals surface area contributed by atoms with Gasteiger partial charge in [-0.05, 0) is 39.4 Å². The normalized spacial score (nSPS) is 24.2.